The van der Waals surface area contributed by atoms with E-state index in [0.29, 0.717) is 18.2 Å². The number of aromatic hydroxyl groups is 2. The molecule has 0 amide bonds. The van der Waals surface area contributed by atoms with E-state index >= 15 is 0 Å². The Balaban J connectivity index is 1.14. The van der Waals surface area contributed by atoms with Gasteiger partial charge in [-0.05, 0) is 73.3 Å². The van der Waals surface area contributed by atoms with E-state index in [-0.39, 0.29) is 5.75 Å². The molecule has 7 nitrogen and oxygen atoms in total. The standard InChI is InChI=1S/C26H27N5O2/c32-25-8-5-19(6-9-25)22-4-7-23(27-15-22)17-31-18-24(28-29-31)16-30-12-10-20(11-13-30)21-2-1-3-26(33)14-21/h1-9,14-15,18,20,32-33H,10-13,16-17H2. The molecule has 0 atom stereocenters. The van der Waals surface area contributed by atoms with Gasteiger partial charge in [0.05, 0.1) is 24.1 Å². The monoisotopic (exact) mass is 441 g/mol. The number of phenolic OH excluding ortho intramolecular Hbond substituents is 2. The van der Waals surface area contributed by atoms with E-state index in [1.165, 1.54) is 5.56 Å². The highest BCUT2D eigenvalue weighted by Gasteiger charge is 2.21. The first-order valence-corrected chi connectivity index (χ1v) is 11.3. The number of rotatable bonds is 6. The minimum Gasteiger partial charge on any atom is -0.508 e. The van der Waals surface area contributed by atoms with Crippen LogP contribution in [0.4, 0.5) is 0 Å². The molecule has 0 unspecified atom stereocenters. The average molecular weight is 442 g/mol. The number of piperidine rings is 1. The Labute approximate surface area is 193 Å². The van der Waals surface area contributed by atoms with Crippen molar-refractivity contribution in [3.63, 3.8) is 0 Å². The van der Waals surface area contributed by atoms with Crippen molar-refractivity contribution in [1.29, 1.82) is 0 Å². The smallest absolute Gasteiger partial charge is 0.115 e. The molecular weight excluding hydrogens is 414 g/mol. The number of pyridine rings is 1. The Kier molecular flexibility index (Phi) is 6.04. The molecule has 2 aromatic carbocycles. The summed E-state index contributed by atoms with van der Waals surface area (Å²) in [5.41, 5.74) is 5.13. The third kappa shape index (κ3) is 5.21. The van der Waals surface area contributed by atoms with Gasteiger partial charge in [0, 0.05) is 18.3 Å². The molecule has 2 N–H and O–H groups in total. The van der Waals surface area contributed by atoms with E-state index in [9.17, 15) is 10.2 Å². The first-order chi connectivity index (χ1) is 16.1. The first-order valence-electron chi connectivity index (χ1n) is 11.3. The summed E-state index contributed by atoms with van der Waals surface area (Å²) in [6, 6.07) is 18.8. The Hall–Kier alpha value is -3.71. The molecule has 0 aliphatic carbocycles. The quantitative estimate of drug-likeness (QED) is 0.467. The van der Waals surface area contributed by atoms with Crippen molar-refractivity contribution < 1.29 is 10.2 Å². The SMILES string of the molecule is Oc1ccc(-c2ccc(Cn3cc(CN4CCC(c5cccc(O)c5)CC4)nn3)nc2)cc1. The minimum absolute atomic E-state index is 0.256. The second kappa shape index (κ2) is 9.42. The Morgan fingerprint density at radius 1 is 0.818 bits per heavy atom. The lowest BCUT2D eigenvalue weighted by molar-refractivity contribution is 0.202. The van der Waals surface area contributed by atoms with Gasteiger partial charge >= 0.3 is 0 Å². The van der Waals surface area contributed by atoms with Gasteiger partial charge in [-0.3, -0.25) is 9.88 Å². The van der Waals surface area contributed by atoms with Crippen LogP contribution in [-0.2, 0) is 13.1 Å². The molecule has 0 saturated carbocycles. The zero-order valence-electron chi connectivity index (χ0n) is 18.4. The second-order valence-corrected chi connectivity index (χ2v) is 8.64. The second-order valence-electron chi connectivity index (χ2n) is 8.64. The molecule has 1 fully saturated rings. The number of benzene rings is 2. The molecule has 33 heavy (non-hydrogen) atoms. The molecule has 1 aliphatic rings. The molecule has 168 valence electrons. The van der Waals surface area contributed by atoms with Crippen LogP contribution in [0.2, 0.25) is 0 Å². The van der Waals surface area contributed by atoms with Crippen molar-refractivity contribution in [2.24, 2.45) is 0 Å². The number of phenols is 2. The number of hydrogen-bond acceptors (Lipinski definition) is 6. The zero-order valence-corrected chi connectivity index (χ0v) is 18.4. The molecule has 0 radical (unpaired) electrons. The number of likely N-dealkylation sites (tertiary alicyclic amines) is 1. The van der Waals surface area contributed by atoms with Gasteiger partial charge in [0.25, 0.3) is 0 Å². The fourth-order valence-corrected chi connectivity index (χ4v) is 4.43. The van der Waals surface area contributed by atoms with Crippen LogP contribution in [-0.4, -0.2) is 48.2 Å². The van der Waals surface area contributed by atoms with Crippen LogP contribution in [0.1, 0.15) is 35.7 Å². The minimum atomic E-state index is 0.256. The van der Waals surface area contributed by atoms with E-state index in [2.05, 4.69) is 26.3 Å². The summed E-state index contributed by atoms with van der Waals surface area (Å²) in [6.45, 7) is 3.38. The van der Waals surface area contributed by atoms with Crippen LogP contribution in [0.3, 0.4) is 0 Å². The summed E-state index contributed by atoms with van der Waals surface area (Å²) in [4.78, 5) is 6.98. The first kappa shape index (κ1) is 21.2. The average Bonchev–Trinajstić information content (AvgIpc) is 3.27. The summed E-state index contributed by atoms with van der Waals surface area (Å²) < 4.78 is 1.83. The summed E-state index contributed by atoms with van der Waals surface area (Å²) in [7, 11) is 0. The van der Waals surface area contributed by atoms with Crippen LogP contribution in [0.15, 0.2) is 73.1 Å². The van der Waals surface area contributed by atoms with Crippen molar-refractivity contribution in [3.8, 4) is 22.6 Å². The molecule has 0 bridgehead atoms. The molecule has 4 aromatic rings. The van der Waals surface area contributed by atoms with Crippen LogP contribution in [0, 0.1) is 0 Å². The van der Waals surface area contributed by atoms with Gasteiger partial charge in [-0.25, -0.2) is 4.68 Å². The predicted molar refractivity (Wildman–Crippen MR) is 126 cm³/mol. The van der Waals surface area contributed by atoms with E-state index < -0.39 is 0 Å². The normalized spacial score (nSPS) is 15.0. The van der Waals surface area contributed by atoms with Crippen molar-refractivity contribution >= 4 is 0 Å². The molecule has 1 saturated heterocycles. The maximum atomic E-state index is 9.73. The summed E-state index contributed by atoms with van der Waals surface area (Å²) in [5.74, 6) is 1.10. The Morgan fingerprint density at radius 3 is 2.33 bits per heavy atom. The van der Waals surface area contributed by atoms with E-state index in [0.717, 1.165) is 55.0 Å². The summed E-state index contributed by atoms with van der Waals surface area (Å²) >= 11 is 0. The van der Waals surface area contributed by atoms with Crippen molar-refractivity contribution in [2.45, 2.75) is 31.8 Å². The maximum absolute atomic E-state index is 9.73. The third-order valence-electron chi connectivity index (χ3n) is 6.25. The summed E-state index contributed by atoms with van der Waals surface area (Å²) in [5, 5.41) is 27.8. The van der Waals surface area contributed by atoms with Gasteiger partial charge < -0.3 is 10.2 Å². The van der Waals surface area contributed by atoms with Crippen LogP contribution < -0.4 is 0 Å². The fourth-order valence-electron chi connectivity index (χ4n) is 4.43. The fraction of sp³-hybridized carbons (Fsp3) is 0.269. The molecule has 0 spiro atoms. The zero-order chi connectivity index (χ0) is 22.6. The van der Waals surface area contributed by atoms with E-state index in [1.807, 2.05) is 53.5 Å². The van der Waals surface area contributed by atoms with Crippen LogP contribution >= 0.6 is 0 Å². The third-order valence-corrected chi connectivity index (χ3v) is 6.25. The number of nitrogens with zero attached hydrogens (tertiary/aromatic N) is 5. The summed E-state index contributed by atoms with van der Waals surface area (Å²) in [6.07, 6.45) is 6.00. The van der Waals surface area contributed by atoms with Gasteiger partial charge in [0.1, 0.15) is 11.5 Å². The van der Waals surface area contributed by atoms with Crippen LogP contribution in [0.5, 0.6) is 11.5 Å². The molecule has 3 heterocycles. The van der Waals surface area contributed by atoms with Gasteiger partial charge in [-0.2, -0.15) is 0 Å². The highest BCUT2D eigenvalue weighted by Crippen LogP contribution is 2.30. The topological polar surface area (TPSA) is 87.3 Å². The van der Waals surface area contributed by atoms with Gasteiger partial charge in [0.15, 0.2) is 0 Å². The Morgan fingerprint density at radius 2 is 1.61 bits per heavy atom. The van der Waals surface area contributed by atoms with E-state index in [1.54, 1.807) is 18.2 Å². The maximum Gasteiger partial charge on any atom is 0.115 e. The molecule has 2 aromatic heterocycles. The lowest BCUT2D eigenvalue weighted by atomic mass is 9.89. The van der Waals surface area contributed by atoms with Crippen molar-refractivity contribution in [1.82, 2.24) is 24.9 Å². The molecule has 1 aliphatic heterocycles. The highest BCUT2D eigenvalue weighted by atomic mass is 16.3. The van der Waals surface area contributed by atoms with Crippen molar-refractivity contribution in [2.75, 3.05) is 13.1 Å². The van der Waals surface area contributed by atoms with E-state index in [4.69, 9.17) is 0 Å². The van der Waals surface area contributed by atoms with Gasteiger partial charge in [0.2, 0.25) is 0 Å². The lowest BCUT2D eigenvalue weighted by Gasteiger charge is -2.31. The van der Waals surface area contributed by atoms with Crippen LogP contribution in [0.25, 0.3) is 11.1 Å². The van der Waals surface area contributed by atoms with Crippen molar-refractivity contribution in [3.05, 3.63) is 90.0 Å². The molecular formula is C26H27N5O2. The Bertz CT molecular complexity index is 1200. The van der Waals surface area contributed by atoms with Gasteiger partial charge in [-0.15, -0.1) is 5.10 Å². The predicted octanol–water partition coefficient (Wildman–Crippen LogP) is 4.18. The molecule has 5 rings (SSSR count). The van der Waals surface area contributed by atoms with Gasteiger partial charge in [-0.1, -0.05) is 35.5 Å². The number of aromatic nitrogens is 4. The number of hydrogen-bond donors (Lipinski definition) is 2. The lowest BCUT2D eigenvalue weighted by Crippen LogP contribution is -2.32. The highest BCUT2D eigenvalue weighted by molar-refractivity contribution is 5.63. The largest absolute Gasteiger partial charge is 0.508 e. The molecule has 7 heteroatoms.